The van der Waals surface area contributed by atoms with Gasteiger partial charge in [-0.05, 0) is 56.7 Å². The van der Waals surface area contributed by atoms with E-state index >= 15 is 0 Å². The molecule has 1 unspecified atom stereocenters. The Hall–Kier alpha value is -1.93. The highest BCUT2D eigenvalue weighted by atomic mass is 32.2. The molecule has 2 fully saturated rings. The van der Waals surface area contributed by atoms with Crippen LogP contribution in [-0.4, -0.2) is 50.8 Å². The third kappa shape index (κ3) is 5.57. The Balaban J connectivity index is 1.72. The molecule has 1 aromatic rings. The maximum Gasteiger partial charge on any atom is 0.254 e. The van der Waals surface area contributed by atoms with Gasteiger partial charge in [0.05, 0.1) is 10.8 Å². The Morgan fingerprint density at radius 2 is 1.97 bits per heavy atom. The molecule has 2 aliphatic rings. The molecule has 2 amide bonds. The van der Waals surface area contributed by atoms with E-state index in [1.165, 1.54) is 12.1 Å². The first-order valence-electron chi connectivity index (χ1n) is 10.5. The molecule has 1 saturated carbocycles. The van der Waals surface area contributed by atoms with E-state index in [-0.39, 0.29) is 28.7 Å². The molecule has 29 heavy (non-hydrogen) atoms. The Morgan fingerprint density at radius 3 is 2.66 bits per heavy atom. The van der Waals surface area contributed by atoms with Crippen molar-refractivity contribution in [3.05, 3.63) is 29.3 Å². The molecule has 0 aromatic heterocycles. The van der Waals surface area contributed by atoms with Gasteiger partial charge in [0.25, 0.3) is 5.91 Å². The van der Waals surface area contributed by atoms with Crippen LogP contribution in [0.4, 0.5) is 0 Å². The SMILES string of the molecule is CCCCNC(=O)C1CCCN(C(=O)c2cc(S(=O)(=O)NC3CC3)ccc2C)C1. The average molecular weight is 422 g/mol. The number of aryl methyl sites for hydroxylation is 1. The molecule has 7 nitrogen and oxygen atoms in total. The van der Waals surface area contributed by atoms with Gasteiger partial charge in [-0.1, -0.05) is 19.4 Å². The zero-order valence-corrected chi connectivity index (χ0v) is 18.1. The van der Waals surface area contributed by atoms with Crippen LogP contribution in [0.1, 0.15) is 61.4 Å². The Bertz CT molecular complexity index is 865. The number of sulfonamides is 1. The number of benzene rings is 1. The van der Waals surface area contributed by atoms with Gasteiger partial charge in [0, 0.05) is 31.2 Å². The molecule has 3 rings (SSSR count). The molecular formula is C21H31N3O4S. The molecule has 0 bridgehead atoms. The summed E-state index contributed by atoms with van der Waals surface area (Å²) >= 11 is 0. The van der Waals surface area contributed by atoms with E-state index in [1.807, 2.05) is 0 Å². The number of rotatable bonds is 8. The second kappa shape index (κ2) is 9.26. The van der Waals surface area contributed by atoms with E-state index in [0.717, 1.165) is 44.1 Å². The average Bonchev–Trinajstić information content (AvgIpc) is 3.51. The number of carbonyl (C=O) groups is 2. The summed E-state index contributed by atoms with van der Waals surface area (Å²) in [5, 5.41) is 2.95. The highest BCUT2D eigenvalue weighted by Gasteiger charge is 2.31. The predicted molar refractivity (Wildman–Crippen MR) is 111 cm³/mol. The zero-order valence-electron chi connectivity index (χ0n) is 17.2. The molecule has 0 spiro atoms. The number of hydrogen-bond acceptors (Lipinski definition) is 4. The van der Waals surface area contributed by atoms with Gasteiger partial charge in [-0.25, -0.2) is 13.1 Å². The van der Waals surface area contributed by atoms with Crippen LogP contribution in [0, 0.1) is 12.8 Å². The largest absolute Gasteiger partial charge is 0.356 e. The molecule has 2 N–H and O–H groups in total. The fourth-order valence-electron chi connectivity index (χ4n) is 3.57. The summed E-state index contributed by atoms with van der Waals surface area (Å²) in [6.07, 6.45) is 5.19. The molecule has 1 heterocycles. The maximum atomic E-state index is 13.1. The van der Waals surface area contributed by atoms with E-state index in [2.05, 4.69) is 17.0 Å². The van der Waals surface area contributed by atoms with E-state index in [1.54, 1.807) is 17.9 Å². The number of amides is 2. The standard InChI is InChI=1S/C21H31N3O4S/c1-3-4-11-22-20(25)16-6-5-12-24(14-16)21(26)19-13-18(10-7-15(19)2)29(27,28)23-17-8-9-17/h7,10,13,16-17,23H,3-6,8-9,11-12,14H2,1-2H3,(H,22,25). The van der Waals surface area contributed by atoms with Crippen molar-refractivity contribution in [1.82, 2.24) is 14.9 Å². The number of unbranched alkanes of at least 4 members (excludes halogenated alkanes) is 1. The summed E-state index contributed by atoms with van der Waals surface area (Å²) in [5.74, 6) is -0.428. The van der Waals surface area contributed by atoms with Gasteiger partial charge in [-0.15, -0.1) is 0 Å². The fraction of sp³-hybridized carbons (Fsp3) is 0.619. The summed E-state index contributed by atoms with van der Waals surface area (Å²) in [7, 11) is -3.62. The van der Waals surface area contributed by atoms with Crippen molar-refractivity contribution in [3.63, 3.8) is 0 Å². The number of likely N-dealkylation sites (tertiary alicyclic amines) is 1. The van der Waals surface area contributed by atoms with Crippen molar-refractivity contribution in [3.8, 4) is 0 Å². The zero-order chi connectivity index (χ0) is 21.0. The third-order valence-electron chi connectivity index (χ3n) is 5.56. The van der Waals surface area contributed by atoms with Gasteiger partial charge in [0.1, 0.15) is 0 Å². The highest BCUT2D eigenvalue weighted by molar-refractivity contribution is 7.89. The molecule has 0 radical (unpaired) electrons. The van der Waals surface area contributed by atoms with E-state index in [0.29, 0.717) is 25.2 Å². The predicted octanol–water partition coefficient (Wildman–Crippen LogP) is 2.20. The Kier molecular flexibility index (Phi) is 6.95. The summed E-state index contributed by atoms with van der Waals surface area (Å²) < 4.78 is 27.7. The lowest BCUT2D eigenvalue weighted by Crippen LogP contribution is -2.45. The summed E-state index contributed by atoms with van der Waals surface area (Å²) in [6, 6.07) is 4.69. The summed E-state index contributed by atoms with van der Waals surface area (Å²) in [5.41, 5.74) is 1.12. The Morgan fingerprint density at radius 1 is 1.21 bits per heavy atom. The quantitative estimate of drug-likeness (QED) is 0.629. The minimum atomic E-state index is -3.62. The molecule has 1 atom stereocenters. The first kappa shape index (κ1) is 21.8. The molecule has 1 aromatic carbocycles. The number of nitrogens with zero attached hydrogens (tertiary/aromatic N) is 1. The van der Waals surface area contributed by atoms with Crippen LogP contribution in [0.2, 0.25) is 0 Å². The molecule has 1 aliphatic heterocycles. The van der Waals surface area contributed by atoms with Crippen molar-refractivity contribution in [2.45, 2.75) is 63.3 Å². The van der Waals surface area contributed by atoms with Crippen molar-refractivity contribution in [2.24, 2.45) is 5.92 Å². The second-order valence-corrected chi connectivity index (χ2v) is 9.82. The molecule has 160 valence electrons. The van der Waals surface area contributed by atoms with Crippen LogP contribution in [0.5, 0.6) is 0 Å². The highest BCUT2D eigenvalue weighted by Crippen LogP contribution is 2.25. The molecule has 8 heteroatoms. The molecule has 1 aliphatic carbocycles. The van der Waals surface area contributed by atoms with Crippen molar-refractivity contribution < 1.29 is 18.0 Å². The van der Waals surface area contributed by atoms with Gasteiger partial charge in [0.2, 0.25) is 15.9 Å². The van der Waals surface area contributed by atoms with E-state index < -0.39 is 10.0 Å². The smallest absolute Gasteiger partial charge is 0.254 e. The summed E-state index contributed by atoms with van der Waals surface area (Å²) in [6.45, 7) is 5.48. The van der Waals surface area contributed by atoms with Crippen LogP contribution in [-0.2, 0) is 14.8 Å². The minimum Gasteiger partial charge on any atom is -0.356 e. The normalized spacial score (nSPS) is 19.8. The van der Waals surface area contributed by atoms with Crippen LogP contribution in [0.3, 0.4) is 0 Å². The lowest BCUT2D eigenvalue weighted by molar-refractivity contribution is -0.126. The van der Waals surface area contributed by atoms with Crippen molar-refractivity contribution in [2.75, 3.05) is 19.6 Å². The van der Waals surface area contributed by atoms with Crippen LogP contribution in [0.25, 0.3) is 0 Å². The minimum absolute atomic E-state index is 0.00219. The monoisotopic (exact) mass is 421 g/mol. The van der Waals surface area contributed by atoms with Gasteiger partial charge >= 0.3 is 0 Å². The Labute approximate surface area is 173 Å². The lowest BCUT2D eigenvalue weighted by atomic mass is 9.96. The van der Waals surface area contributed by atoms with Crippen LogP contribution in [0.15, 0.2) is 23.1 Å². The van der Waals surface area contributed by atoms with Gasteiger partial charge in [-0.3, -0.25) is 9.59 Å². The first-order chi connectivity index (χ1) is 13.8. The maximum absolute atomic E-state index is 13.1. The second-order valence-electron chi connectivity index (χ2n) is 8.11. The number of piperidine rings is 1. The van der Waals surface area contributed by atoms with Crippen molar-refractivity contribution >= 4 is 21.8 Å². The number of nitrogens with one attached hydrogen (secondary N) is 2. The number of hydrogen-bond donors (Lipinski definition) is 2. The van der Waals surface area contributed by atoms with E-state index in [9.17, 15) is 18.0 Å². The summed E-state index contributed by atoms with van der Waals surface area (Å²) in [4.78, 5) is 27.3. The lowest BCUT2D eigenvalue weighted by Gasteiger charge is -2.32. The van der Waals surface area contributed by atoms with Crippen LogP contribution < -0.4 is 10.0 Å². The molecule has 1 saturated heterocycles. The van der Waals surface area contributed by atoms with Gasteiger partial charge in [0.15, 0.2) is 0 Å². The van der Waals surface area contributed by atoms with Gasteiger partial charge < -0.3 is 10.2 Å². The van der Waals surface area contributed by atoms with Crippen molar-refractivity contribution in [1.29, 1.82) is 0 Å². The molecular weight excluding hydrogens is 390 g/mol. The van der Waals surface area contributed by atoms with Crippen LogP contribution >= 0.6 is 0 Å². The fourth-order valence-corrected chi connectivity index (χ4v) is 4.90. The topological polar surface area (TPSA) is 95.6 Å². The number of carbonyl (C=O) groups excluding carboxylic acids is 2. The van der Waals surface area contributed by atoms with Gasteiger partial charge in [-0.2, -0.15) is 0 Å². The first-order valence-corrected chi connectivity index (χ1v) is 12.0. The van der Waals surface area contributed by atoms with E-state index in [4.69, 9.17) is 0 Å². The third-order valence-corrected chi connectivity index (χ3v) is 7.08.